The van der Waals surface area contributed by atoms with Gasteiger partial charge in [0.1, 0.15) is 0 Å². The predicted molar refractivity (Wildman–Crippen MR) is 123 cm³/mol. The standard InChI is InChI=1S/C25H33N3O3/c1-6-27-19(3)15-26(16-20(27)4)25(30)28(23-9-7-8-18(2)14-23)17-21-10-12-22(13-11-21)24(29)31-5/h7-14,19-20H,6,15-17H2,1-5H3/t19-,20+. The molecule has 1 heterocycles. The van der Waals surface area contributed by atoms with Gasteiger partial charge >= 0.3 is 12.0 Å². The van der Waals surface area contributed by atoms with Gasteiger partial charge in [0.05, 0.1) is 19.2 Å². The molecule has 6 heteroatoms. The van der Waals surface area contributed by atoms with Crippen molar-refractivity contribution in [2.75, 3.05) is 31.6 Å². The summed E-state index contributed by atoms with van der Waals surface area (Å²) < 4.78 is 4.78. The molecule has 2 aromatic carbocycles. The Morgan fingerprint density at radius 2 is 1.71 bits per heavy atom. The van der Waals surface area contributed by atoms with Gasteiger partial charge < -0.3 is 9.64 Å². The molecule has 0 unspecified atom stereocenters. The lowest BCUT2D eigenvalue weighted by atomic mass is 10.1. The van der Waals surface area contributed by atoms with Crippen molar-refractivity contribution < 1.29 is 14.3 Å². The zero-order valence-electron chi connectivity index (χ0n) is 19.2. The Labute approximate surface area is 185 Å². The summed E-state index contributed by atoms with van der Waals surface area (Å²) >= 11 is 0. The van der Waals surface area contributed by atoms with Gasteiger partial charge in [-0.25, -0.2) is 9.59 Å². The molecular weight excluding hydrogens is 390 g/mol. The second-order valence-electron chi connectivity index (χ2n) is 8.33. The van der Waals surface area contributed by atoms with E-state index in [1.54, 1.807) is 12.1 Å². The molecule has 2 amide bonds. The Morgan fingerprint density at radius 1 is 1.06 bits per heavy atom. The number of likely N-dealkylation sites (N-methyl/N-ethyl adjacent to an activating group) is 1. The molecule has 1 aliphatic rings. The van der Waals surface area contributed by atoms with Crippen molar-refractivity contribution in [2.45, 2.75) is 46.3 Å². The van der Waals surface area contributed by atoms with E-state index < -0.39 is 0 Å². The molecule has 0 radical (unpaired) electrons. The number of carbonyl (C=O) groups excluding carboxylic acids is 2. The second-order valence-corrected chi connectivity index (χ2v) is 8.33. The number of hydrogen-bond donors (Lipinski definition) is 0. The SMILES string of the molecule is CCN1[C@H](C)CN(C(=O)N(Cc2ccc(C(=O)OC)cc2)c2cccc(C)c2)C[C@@H]1C. The number of urea groups is 1. The zero-order chi connectivity index (χ0) is 22.5. The molecule has 0 bridgehead atoms. The van der Waals surface area contributed by atoms with E-state index >= 15 is 0 Å². The third kappa shape index (κ3) is 5.25. The minimum absolute atomic E-state index is 0.0112. The van der Waals surface area contributed by atoms with Crippen LogP contribution in [0.15, 0.2) is 48.5 Å². The normalized spacial score (nSPS) is 19.2. The molecule has 2 aromatic rings. The Hall–Kier alpha value is -2.86. The maximum Gasteiger partial charge on any atom is 0.337 e. The van der Waals surface area contributed by atoms with Crippen molar-refractivity contribution in [3.63, 3.8) is 0 Å². The number of piperazine rings is 1. The number of esters is 1. The molecule has 0 spiro atoms. The van der Waals surface area contributed by atoms with E-state index in [4.69, 9.17) is 4.74 Å². The first kappa shape index (κ1) is 22.8. The lowest BCUT2D eigenvalue weighted by Crippen LogP contribution is -2.60. The first-order valence-corrected chi connectivity index (χ1v) is 10.9. The molecule has 0 saturated carbocycles. The molecule has 166 valence electrons. The van der Waals surface area contributed by atoms with Crippen LogP contribution in [0, 0.1) is 6.92 Å². The van der Waals surface area contributed by atoms with Gasteiger partial charge in [0, 0.05) is 30.9 Å². The summed E-state index contributed by atoms with van der Waals surface area (Å²) in [6.45, 7) is 11.4. The highest BCUT2D eigenvalue weighted by Crippen LogP contribution is 2.24. The molecule has 0 aliphatic carbocycles. The second kappa shape index (κ2) is 9.96. The minimum Gasteiger partial charge on any atom is -0.465 e. The number of amides is 2. The first-order chi connectivity index (χ1) is 14.8. The highest BCUT2D eigenvalue weighted by atomic mass is 16.5. The Morgan fingerprint density at radius 3 is 2.26 bits per heavy atom. The monoisotopic (exact) mass is 423 g/mol. The van der Waals surface area contributed by atoms with Crippen LogP contribution < -0.4 is 4.90 Å². The third-order valence-electron chi connectivity index (χ3n) is 6.00. The van der Waals surface area contributed by atoms with Gasteiger partial charge in [0.15, 0.2) is 0 Å². The summed E-state index contributed by atoms with van der Waals surface area (Å²) in [6, 6.07) is 15.9. The van der Waals surface area contributed by atoms with Crippen LogP contribution in [0.3, 0.4) is 0 Å². The Bertz CT molecular complexity index is 900. The quantitative estimate of drug-likeness (QED) is 0.672. The molecule has 3 rings (SSSR count). The fraction of sp³-hybridized carbons (Fsp3) is 0.440. The fourth-order valence-corrected chi connectivity index (χ4v) is 4.42. The van der Waals surface area contributed by atoms with Crippen molar-refractivity contribution >= 4 is 17.7 Å². The van der Waals surface area contributed by atoms with Crippen molar-refractivity contribution in [1.82, 2.24) is 9.80 Å². The number of ether oxygens (including phenoxy) is 1. The average molecular weight is 424 g/mol. The minimum atomic E-state index is -0.366. The van der Waals surface area contributed by atoms with Crippen LogP contribution in [0.2, 0.25) is 0 Å². The lowest BCUT2D eigenvalue weighted by molar-refractivity contribution is 0.0600. The van der Waals surface area contributed by atoms with Gasteiger partial charge in [-0.1, -0.05) is 31.2 Å². The summed E-state index contributed by atoms with van der Waals surface area (Å²) in [7, 11) is 1.37. The molecule has 0 N–H and O–H groups in total. The largest absolute Gasteiger partial charge is 0.465 e. The zero-order valence-corrected chi connectivity index (χ0v) is 19.2. The van der Waals surface area contributed by atoms with E-state index in [0.717, 1.165) is 23.4 Å². The van der Waals surface area contributed by atoms with Crippen LogP contribution in [-0.2, 0) is 11.3 Å². The third-order valence-corrected chi connectivity index (χ3v) is 6.00. The van der Waals surface area contributed by atoms with Gasteiger partial charge in [-0.2, -0.15) is 0 Å². The molecular formula is C25H33N3O3. The molecule has 2 atom stereocenters. The van der Waals surface area contributed by atoms with Crippen LogP contribution in [-0.4, -0.2) is 60.6 Å². The maximum absolute atomic E-state index is 13.7. The topological polar surface area (TPSA) is 53.1 Å². The smallest absolute Gasteiger partial charge is 0.337 e. The van der Waals surface area contributed by atoms with Crippen molar-refractivity contribution in [3.05, 3.63) is 65.2 Å². The van der Waals surface area contributed by atoms with Gasteiger partial charge in [0.2, 0.25) is 0 Å². The van der Waals surface area contributed by atoms with Gasteiger partial charge in [-0.15, -0.1) is 0 Å². The van der Waals surface area contributed by atoms with Crippen LogP contribution in [0.4, 0.5) is 10.5 Å². The lowest BCUT2D eigenvalue weighted by Gasteiger charge is -2.45. The van der Waals surface area contributed by atoms with Gasteiger partial charge in [-0.05, 0) is 62.7 Å². The number of nitrogens with zero attached hydrogens (tertiary/aromatic N) is 3. The average Bonchev–Trinajstić information content (AvgIpc) is 2.76. The van der Waals surface area contributed by atoms with Crippen LogP contribution >= 0.6 is 0 Å². The summed E-state index contributed by atoms with van der Waals surface area (Å²) in [5.74, 6) is -0.366. The van der Waals surface area contributed by atoms with Crippen molar-refractivity contribution in [1.29, 1.82) is 0 Å². The van der Waals surface area contributed by atoms with E-state index in [2.05, 4.69) is 25.7 Å². The molecule has 1 saturated heterocycles. The summed E-state index contributed by atoms with van der Waals surface area (Å²) in [5, 5.41) is 0. The molecule has 31 heavy (non-hydrogen) atoms. The fourth-order valence-electron chi connectivity index (χ4n) is 4.42. The number of aryl methyl sites for hydroxylation is 1. The van der Waals surface area contributed by atoms with Gasteiger partial charge in [-0.3, -0.25) is 9.80 Å². The summed E-state index contributed by atoms with van der Waals surface area (Å²) in [5.41, 5.74) is 3.43. The number of anilines is 1. The number of rotatable bonds is 5. The summed E-state index contributed by atoms with van der Waals surface area (Å²) in [6.07, 6.45) is 0. The number of benzene rings is 2. The van der Waals surface area contributed by atoms with E-state index in [0.29, 0.717) is 37.3 Å². The molecule has 0 aromatic heterocycles. The maximum atomic E-state index is 13.7. The molecule has 1 fully saturated rings. The number of hydrogen-bond acceptors (Lipinski definition) is 4. The first-order valence-electron chi connectivity index (χ1n) is 10.9. The van der Waals surface area contributed by atoms with Gasteiger partial charge in [0.25, 0.3) is 0 Å². The Balaban J connectivity index is 1.87. The predicted octanol–water partition coefficient (Wildman–Crippen LogP) is 4.32. The van der Waals surface area contributed by atoms with E-state index in [-0.39, 0.29) is 12.0 Å². The van der Waals surface area contributed by atoms with Crippen LogP contribution in [0.25, 0.3) is 0 Å². The highest BCUT2D eigenvalue weighted by Gasteiger charge is 2.33. The van der Waals surface area contributed by atoms with E-state index in [9.17, 15) is 9.59 Å². The van der Waals surface area contributed by atoms with Crippen molar-refractivity contribution in [2.24, 2.45) is 0 Å². The number of carbonyl (C=O) groups is 2. The summed E-state index contributed by atoms with van der Waals surface area (Å²) in [4.78, 5) is 31.7. The highest BCUT2D eigenvalue weighted by molar-refractivity contribution is 5.92. The van der Waals surface area contributed by atoms with E-state index in [1.807, 2.05) is 53.1 Å². The Kier molecular flexibility index (Phi) is 7.33. The number of methoxy groups -OCH3 is 1. The van der Waals surface area contributed by atoms with Crippen LogP contribution in [0.5, 0.6) is 0 Å². The van der Waals surface area contributed by atoms with Crippen molar-refractivity contribution in [3.8, 4) is 0 Å². The molecule has 1 aliphatic heterocycles. The molecule has 6 nitrogen and oxygen atoms in total. The van der Waals surface area contributed by atoms with E-state index in [1.165, 1.54) is 7.11 Å². The van der Waals surface area contributed by atoms with Crippen LogP contribution in [0.1, 0.15) is 42.3 Å².